The number of carbonyl (C=O) groups is 2. The molecule has 0 aliphatic heterocycles. The quantitative estimate of drug-likeness (QED) is 0.379. The van der Waals surface area contributed by atoms with Gasteiger partial charge in [-0.15, -0.1) is 0 Å². The summed E-state index contributed by atoms with van der Waals surface area (Å²) in [6, 6.07) is 13.2. The van der Waals surface area contributed by atoms with Crippen LogP contribution in [0.3, 0.4) is 0 Å². The van der Waals surface area contributed by atoms with Crippen molar-refractivity contribution in [3.8, 4) is 11.1 Å². The van der Waals surface area contributed by atoms with Gasteiger partial charge in [0.1, 0.15) is 11.5 Å². The van der Waals surface area contributed by atoms with Gasteiger partial charge >= 0.3 is 5.97 Å². The Morgan fingerprint density at radius 1 is 1.16 bits per heavy atom. The van der Waals surface area contributed by atoms with Gasteiger partial charge in [-0.3, -0.25) is 4.79 Å². The maximum atomic E-state index is 13.3. The van der Waals surface area contributed by atoms with Crippen LogP contribution in [0.5, 0.6) is 0 Å². The highest BCUT2D eigenvalue weighted by molar-refractivity contribution is 6.01. The molecule has 0 radical (unpaired) electrons. The largest absolute Gasteiger partial charge is 0.463 e. The normalized spacial score (nSPS) is 11.4. The standard InChI is InChI=1S/C23H23FN4O3/c1-2-31-23(30)16(11-25)13-27-12-14-3-8-18-19(15-4-6-17(24)7-5-15)10-21(22(26)29)28-20(18)9-14/h3-10,13,27H,2,11-12,25H2,1H3,(H2,26,29)/b16-13+. The van der Waals surface area contributed by atoms with Crippen molar-refractivity contribution in [1.29, 1.82) is 0 Å². The van der Waals surface area contributed by atoms with E-state index in [1.807, 2.05) is 18.2 Å². The molecule has 31 heavy (non-hydrogen) atoms. The van der Waals surface area contributed by atoms with Gasteiger partial charge in [0.25, 0.3) is 5.91 Å². The summed E-state index contributed by atoms with van der Waals surface area (Å²) in [6.07, 6.45) is 1.53. The van der Waals surface area contributed by atoms with Crippen LogP contribution in [0.4, 0.5) is 4.39 Å². The number of amides is 1. The van der Waals surface area contributed by atoms with E-state index in [0.717, 1.165) is 22.1 Å². The topological polar surface area (TPSA) is 120 Å². The van der Waals surface area contributed by atoms with Gasteiger partial charge in [0.05, 0.1) is 17.7 Å². The Kier molecular flexibility index (Phi) is 6.94. The highest BCUT2D eigenvalue weighted by Crippen LogP contribution is 2.29. The van der Waals surface area contributed by atoms with Crippen LogP contribution in [0.15, 0.2) is 60.3 Å². The number of pyridine rings is 1. The molecule has 0 saturated heterocycles. The number of halogens is 1. The molecule has 1 amide bonds. The van der Waals surface area contributed by atoms with Crippen LogP contribution >= 0.6 is 0 Å². The van der Waals surface area contributed by atoms with E-state index in [1.165, 1.54) is 18.3 Å². The fraction of sp³-hybridized carbons (Fsp3) is 0.174. The molecule has 1 heterocycles. The lowest BCUT2D eigenvalue weighted by molar-refractivity contribution is -0.138. The van der Waals surface area contributed by atoms with E-state index in [-0.39, 0.29) is 24.7 Å². The predicted octanol–water partition coefficient (Wildman–Crippen LogP) is 2.64. The number of benzene rings is 2. The molecule has 0 spiro atoms. The molecule has 3 rings (SSSR count). The van der Waals surface area contributed by atoms with Gasteiger partial charge < -0.3 is 21.5 Å². The number of fused-ring (bicyclic) bond motifs is 1. The maximum absolute atomic E-state index is 13.3. The first-order chi connectivity index (χ1) is 14.9. The third-order valence-corrected chi connectivity index (χ3v) is 4.62. The van der Waals surface area contributed by atoms with Crippen LogP contribution in [-0.4, -0.2) is 30.0 Å². The Morgan fingerprint density at radius 2 is 1.90 bits per heavy atom. The summed E-state index contributed by atoms with van der Waals surface area (Å²) in [5.74, 6) is -1.47. The number of carbonyl (C=O) groups excluding carboxylic acids is 2. The summed E-state index contributed by atoms with van der Waals surface area (Å²) in [6.45, 7) is 2.44. The minimum Gasteiger partial charge on any atom is -0.463 e. The van der Waals surface area contributed by atoms with Gasteiger partial charge in [0.2, 0.25) is 0 Å². The van der Waals surface area contributed by atoms with E-state index >= 15 is 0 Å². The zero-order valence-electron chi connectivity index (χ0n) is 17.0. The van der Waals surface area contributed by atoms with Gasteiger partial charge in [-0.25, -0.2) is 14.2 Å². The number of nitrogens with one attached hydrogen (secondary N) is 1. The molecule has 0 aliphatic carbocycles. The number of aromatic nitrogens is 1. The number of ether oxygens (including phenoxy) is 1. The summed E-state index contributed by atoms with van der Waals surface area (Å²) in [4.78, 5) is 28.0. The minimum atomic E-state index is -0.654. The summed E-state index contributed by atoms with van der Waals surface area (Å²) in [7, 11) is 0. The number of nitrogens with two attached hydrogens (primary N) is 2. The zero-order chi connectivity index (χ0) is 22.4. The lowest BCUT2D eigenvalue weighted by Crippen LogP contribution is -2.19. The Bertz CT molecular complexity index is 1140. The monoisotopic (exact) mass is 422 g/mol. The van der Waals surface area contributed by atoms with Crippen LogP contribution < -0.4 is 16.8 Å². The lowest BCUT2D eigenvalue weighted by Gasteiger charge is -2.11. The molecular formula is C23H23FN4O3. The second-order valence-electron chi connectivity index (χ2n) is 6.75. The number of nitrogens with zero attached hydrogens (tertiary/aromatic N) is 1. The molecule has 0 saturated carbocycles. The molecule has 7 nitrogen and oxygen atoms in total. The van der Waals surface area contributed by atoms with Gasteiger partial charge in [0.15, 0.2) is 0 Å². The Hall–Kier alpha value is -3.78. The molecule has 0 aliphatic rings. The third kappa shape index (κ3) is 5.23. The first-order valence-electron chi connectivity index (χ1n) is 9.72. The number of rotatable bonds is 8. The van der Waals surface area contributed by atoms with E-state index < -0.39 is 11.9 Å². The molecule has 2 aromatic carbocycles. The van der Waals surface area contributed by atoms with Gasteiger partial charge in [0, 0.05) is 24.7 Å². The Labute approximate surface area is 178 Å². The molecule has 0 fully saturated rings. The van der Waals surface area contributed by atoms with Gasteiger partial charge in [-0.1, -0.05) is 24.3 Å². The van der Waals surface area contributed by atoms with Gasteiger partial charge in [-0.2, -0.15) is 0 Å². The molecule has 5 N–H and O–H groups in total. The highest BCUT2D eigenvalue weighted by atomic mass is 19.1. The Morgan fingerprint density at radius 3 is 2.55 bits per heavy atom. The van der Waals surface area contributed by atoms with E-state index in [9.17, 15) is 14.0 Å². The molecule has 160 valence electrons. The van der Waals surface area contributed by atoms with Crippen molar-refractivity contribution in [1.82, 2.24) is 10.3 Å². The molecular weight excluding hydrogens is 399 g/mol. The third-order valence-electron chi connectivity index (χ3n) is 4.62. The fourth-order valence-electron chi connectivity index (χ4n) is 3.10. The summed E-state index contributed by atoms with van der Waals surface area (Å²) in [5.41, 5.74) is 14.4. The van der Waals surface area contributed by atoms with E-state index in [2.05, 4.69) is 10.3 Å². The SMILES string of the molecule is CCOC(=O)/C(=C/NCc1ccc2c(-c3ccc(F)cc3)cc(C(N)=O)nc2c1)CN. The lowest BCUT2D eigenvalue weighted by atomic mass is 9.98. The average molecular weight is 422 g/mol. The molecule has 0 atom stereocenters. The fourth-order valence-corrected chi connectivity index (χ4v) is 3.10. The van der Waals surface area contributed by atoms with Crippen molar-refractivity contribution >= 4 is 22.8 Å². The van der Waals surface area contributed by atoms with Gasteiger partial charge in [-0.05, 0) is 47.9 Å². The van der Waals surface area contributed by atoms with Crippen LogP contribution in [0.1, 0.15) is 23.0 Å². The summed E-state index contributed by atoms with van der Waals surface area (Å²) < 4.78 is 18.3. The van der Waals surface area contributed by atoms with Crippen LogP contribution in [0, 0.1) is 5.82 Å². The van der Waals surface area contributed by atoms with Crippen LogP contribution in [0.2, 0.25) is 0 Å². The maximum Gasteiger partial charge on any atom is 0.336 e. The Balaban J connectivity index is 1.93. The molecule has 3 aromatic rings. The van der Waals surface area contributed by atoms with Crippen LogP contribution in [0.25, 0.3) is 22.0 Å². The van der Waals surface area contributed by atoms with E-state index in [1.54, 1.807) is 25.1 Å². The van der Waals surface area contributed by atoms with E-state index in [0.29, 0.717) is 17.6 Å². The van der Waals surface area contributed by atoms with E-state index in [4.69, 9.17) is 16.2 Å². The van der Waals surface area contributed by atoms with Crippen molar-refractivity contribution in [2.45, 2.75) is 13.5 Å². The summed E-state index contributed by atoms with van der Waals surface area (Å²) in [5, 5.41) is 3.84. The summed E-state index contributed by atoms with van der Waals surface area (Å²) >= 11 is 0. The van der Waals surface area contributed by atoms with Crippen molar-refractivity contribution in [3.63, 3.8) is 0 Å². The zero-order valence-corrected chi connectivity index (χ0v) is 17.0. The van der Waals surface area contributed by atoms with Crippen molar-refractivity contribution in [2.24, 2.45) is 11.5 Å². The molecule has 8 heteroatoms. The predicted molar refractivity (Wildman–Crippen MR) is 116 cm³/mol. The molecule has 0 unspecified atom stereocenters. The first-order valence-corrected chi connectivity index (χ1v) is 9.72. The highest BCUT2D eigenvalue weighted by Gasteiger charge is 2.12. The minimum absolute atomic E-state index is 0.0497. The smallest absolute Gasteiger partial charge is 0.336 e. The first kappa shape index (κ1) is 21.9. The molecule has 1 aromatic heterocycles. The van der Waals surface area contributed by atoms with Crippen molar-refractivity contribution < 1.29 is 18.7 Å². The number of hydrogen-bond donors (Lipinski definition) is 3. The van der Waals surface area contributed by atoms with Crippen molar-refractivity contribution in [2.75, 3.05) is 13.2 Å². The second-order valence-corrected chi connectivity index (χ2v) is 6.75. The van der Waals surface area contributed by atoms with Crippen LogP contribution in [-0.2, 0) is 16.1 Å². The number of primary amides is 1. The number of hydrogen-bond acceptors (Lipinski definition) is 6. The molecule has 0 bridgehead atoms. The average Bonchev–Trinajstić information content (AvgIpc) is 2.76. The van der Waals surface area contributed by atoms with Crippen molar-refractivity contribution in [3.05, 3.63) is 77.4 Å². The number of esters is 1. The second kappa shape index (κ2) is 9.82.